The standard InChI is InChI=1S/C6H14O2/c1-3-5-6(7,8)4-2/h7-8H,3-5H2,1-2H3. The van der Waals surface area contributed by atoms with Gasteiger partial charge in [-0.2, -0.15) is 0 Å². The van der Waals surface area contributed by atoms with Crippen LogP contribution in [0, 0.1) is 0 Å². The van der Waals surface area contributed by atoms with Crippen LogP contribution in [0.4, 0.5) is 0 Å². The van der Waals surface area contributed by atoms with E-state index in [0.717, 1.165) is 6.42 Å². The fraction of sp³-hybridized carbons (Fsp3) is 1.00. The number of hydrogen-bond acceptors (Lipinski definition) is 2. The average Bonchev–Trinajstić information content (AvgIpc) is 1.67. The molecule has 2 nitrogen and oxygen atoms in total. The molecular formula is C6H14O2. The van der Waals surface area contributed by atoms with Gasteiger partial charge in [0.2, 0.25) is 0 Å². The van der Waals surface area contributed by atoms with Gasteiger partial charge < -0.3 is 10.2 Å². The molecule has 0 aliphatic rings. The van der Waals surface area contributed by atoms with Crippen LogP contribution in [0.15, 0.2) is 0 Å². The van der Waals surface area contributed by atoms with E-state index in [9.17, 15) is 0 Å². The third-order valence-corrected chi connectivity index (χ3v) is 1.22. The maximum Gasteiger partial charge on any atom is 0.162 e. The average molecular weight is 118 g/mol. The SMILES string of the molecule is CCCC(O)(O)CC. The molecule has 0 aromatic rings. The van der Waals surface area contributed by atoms with Crippen molar-refractivity contribution >= 4 is 0 Å². The molecule has 0 saturated heterocycles. The second-order valence-corrected chi connectivity index (χ2v) is 2.09. The fourth-order valence-electron chi connectivity index (χ4n) is 0.577. The Morgan fingerprint density at radius 3 is 1.88 bits per heavy atom. The predicted molar refractivity (Wildman–Crippen MR) is 32.4 cm³/mol. The van der Waals surface area contributed by atoms with E-state index in [1.54, 1.807) is 6.92 Å². The van der Waals surface area contributed by atoms with Gasteiger partial charge >= 0.3 is 0 Å². The van der Waals surface area contributed by atoms with E-state index in [-0.39, 0.29) is 0 Å². The molecule has 2 N–H and O–H groups in total. The molecule has 0 bridgehead atoms. The summed E-state index contributed by atoms with van der Waals surface area (Å²) >= 11 is 0. The van der Waals surface area contributed by atoms with Gasteiger partial charge in [0.25, 0.3) is 0 Å². The zero-order chi connectivity index (χ0) is 6.62. The zero-order valence-electron chi connectivity index (χ0n) is 5.52. The van der Waals surface area contributed by atoms with Gasteiger partial charge in [0.15, 0.2) is 5.79 Å². The number of rotatable bonds is 3. The summed E-state index contributed by atoms with van der Waals surface area (Å²) in [4.78, 5) is 0. The third-order valence-electron chi connectivity index (χ3n) is 1.22. The summed E-state index contributed by atoms with van der Waals surface area (Å²) < 4.78 is 0. The van der Waals surface area contributed by atoms with E-state index in [2.05, 4.69) is 0 Å². The van der Waals surface area contributed by atoms with Gasteiger partial charge in [-0.1, -0.05) is 20.3 Å². The molecule has 50 valence electrons. The highest BCUT2D eigenvalue weighted by atomic mass is 16.5. The first-order valence-electron chi connectivity index (χ1n) is 3.07. The minimum Gasteiger partial charge on any atom is -0.366 e. The molecule has 0 saturated carbocycles. The van der Waals surface area contributed by atoms with E-state index in [0.29, 0.717) is 12.8 Å². The zero-order valence-corrected chi connectivity index (χ0v) is 5.52. The van der Waals surface area contributed by atoms with Crippen molar-refractivity contribution in [2.75, 3.05) is 0 Å². The van der Waals surface area contributed by atoms with Crippen LogP contribution in [0.5, 0.6) is 0 Å². The van der Waals surface area contributed by atoms with Gasteiger partial charge in [-0.15, -0.1) is 0 Å². The van der Waals surface area contributed by atoms with E-state index >= 15 is 0 Å². The molecule has 0 radical (unpaired) electrons. The van der Waals surface area contributed by atoms with Crippen molar-refractivity contribution in [2.24, 2.45) is 0 Å². The molecule has 0 amide bonds. The smallest absolute Gasteiger partial charge is 0.162 e. The van der Waals surface area contributed by atoms with E-state index in [1.165, 1.54) is 0 Å². The van der Waals surface area contributed by atoms with Crippen molar-refractivity contribution in [1.82, 2.24) is 0 Å². The highest BCUT2D eigenvalue weighted by Crippen LogP contribution is 2.11. The van der Waals surface area contributed by atoms with Gasteiger partial charge in [-0.3, -0.25) is 0 Å². The molecule has 0 heterocycles. The van der Waals surface area contributed by atoms with Crippen LogP contribution in [-0.4, -0.2) is 16.0 Å². The fourth-order valence-corrected chi connectivity index (χ4v) is 0.577. The molecule has 0 aromatic carbocycles. The lowest BCUT2D eigenvalue weighted by Gasteiger charge is -2.17. The van der Waals surface area contributed by atoms with Crippen LogP contribution in [0.2, 0.25) is 0 Å². The molecule has 0 atom stereocenters. The van der Waals surface area contributed by atoms with Crippen LogP contribution in [-0.2, 0) is 0 Å². The first-order valence-corrected chi connectivity index (χ1v) is 3.07. The summed E-state index contributed by atoms with van der Waals surface area (Å²) in [6, 6.07) is 0. The first kappa shape index (κ1) is 7.92. The number of hydrogen-bond donors (Lipinski definition) is 2. The van der Waals surface area contributed by atoms with E-state index in [1.807, 2.05) is 6.92 Å². The maximum atomic E-state index is 8.88. The van der Waals surface area contributed by atoms with Crippen LogP contribution in [0.1, 0.15) is 33.1 Å². The summed E-state index contributed by atoms with van der Waals surface area (Å²) in [7, 11) is 0. The number of aliphatic hydroxyl groups is 2. The second-order valence-electron chi connectivity index (χ2n) is 2.09. The Bertz CT molecular complexity index is 59.5. The lowest BCUT2D eigenvalue weighted by atomic mass is 10.1. The van der Waals surface area contributed by atoms with Gasteiger partial charge in [0.1, 0.15) is 0 Å². The lowest BCUT2D eigenvalue weighted by Crippen LogP contribution is -2.25. The van der Waals surface area contributed by atoms with Crippen molar-refractivity contribution in [3.63, 3.8) is 0 Å². The topological polar surface area (TPSA) is 40.5 Å². The molecule has 0 aliphatic heterocycles. The van der Waals surface area contributed by atoms with Crippen LogP contribution in [0.25, 0.3) is 0 Å². The highest BCUT2D eigenvalue weighted by Gasteiger charge is 2.17. The largest absolute Gasteiger partial charge is 0.366 e. The third kappa shape index (κ3) is 2.99. The minimum atomic E-state index is -1.41. The molecule has 0 unspecified atom stereocenters. The van der Waals surface area contributed by atoms with Gasteiger partial charge in [-0.25, -0.2) is 0 Å². The Kier molecular flexibility index (Phi) is 3.02. The summed E-state index contributed by atoms with van der Waals surface area (Å²) in [5.74, 6) is -1.41. The molecule has 0 aliphatic carbocycles. The Balaban J connectivity index is 3.37. The van der Waals surface area contributed by atoms with E-state index < -0.39 is 5.79 Å². The van der Waals surface area contributed by atoms with Gasteiger partial charge in [0.05, 0.1) is 0 Å². The van der Waals surface area contributed by atoms with Crippen molar-refractivity contribution in [3.05, 3.63) is 0 Å². The summed E-state index contributed by atoms with van der Waals surface area (Å²) in [6.45, 7) is 3.69. The van der Waals surface area contributed by atoms with Crippen molar-refractivity contribution in [3.8, 4) is 0 Å². The molecule has 0 aromatic heterocycles. The summed E-state index contributed by atoms with van der Waals surface area (Å²) in [6.07, 6.45) is 1.71. The molecule has 0 rings (SSSR count). The Hall–Kier alpha value is -0.0800. The normalized spacial score (nSPS) is 12.0. The summed E-state index contributed by atoms with van der Waals surface area (Å²) in [5.41, 5.74) is 0. The van der Waals surface area contributed by atoms with Crippen molar-refractivity contribution < 1.29 is 10.2 Å². The molecule has 0 spiro atoms. The van der Waals surface area contributed by atoms with E-state index in [4.69, 9.17) is 10.2 Å². The molecular weight excluding hydrogens is 104 g/mol. The Labute approximate surface area is 50.2 Å². The second kappa shape index (κ2) is 3.05. The summed E-state index contributed by atoms with van der Waals surface area (Å²) in [5, 5.41) is 17.8. The lowest BCUT2D eigenvalue weighted by molar-refractivity contribution is -0.167. The van der Waals surface area contributed by atoms with Gasteiger partial charge in [0, 0.05) is 6.42 Å². The molecule has 0 fully saturated rings. The quantitative estimate of drug-likeness (QED) is 0.540. The molecule has 2 heteroatoms. The Morgan fingerprint density at radius 1 is 1.25 bits per heavy atom. The van der Waals surface area contributed by atoms with Crippen LogP contribution in [0.3, 0.4) is 0 Å². The highest BCUT2D eigenvalue weighted by molar-refractivity contribution is 4.58. The van der Waals surface area contributed by atoms with Crippen LogP contribution >= 0.6 is 0 Å². The van der Waals surface area contributed by atoms with Gasteiger partial charge in [-0.05, 0) is 6.42 Å². The predicted octanol–water partition coefficient (Wildman–Crippen LogP) is 0.877. The Morgan fingerprint density at radius 2 is 1.75 bits per heavy atom. The van der Waals surface area contributed by atoms with Crippen molar-refractivity contribution in [2.45, 2.75) is 38.9 Å². The molecule has 8 heavy (non-hydrogen) atoms. The minimum absolute atomic E-state index is 0.418. The van der Waals surface area contributed by atoms with Crippen LogP contribution < -0.4 is 0 Å². The van der Waals surface area contributed by atoms with Crippen molar-refractivity contribution in [1.29, 1.82) is 0 Å². The first-order chi connectivity index (χ1) is 3.62. The monoisotopic (exact) mass is 118 g/mol. The maximum absolute atomic E-state index is 8.88.